The Morgan fingerprint density at radius 1 is 1.26 bits per heavy atom. The molecule has 35 heavy (non-hydrogen) atoms. The smallest absolute Gasteiger partial charge is 0.257 e. The van der Waals surface area contributed by atoms with Crippen molar-refractivity contribution in [3.8, 4) is 0 Å². The Kier molecular flexibility index (Phi) is 6.94. The van der Waals surface area contributed by atoms with Crippen LogP contribution in [0.4, 0.5) is 5.13 Å². The summed E-state index contributed by atoms with van der Waals surface area (Å²) in [5.74, 6) is 1.85. The third-order valence-corrected chi connectivity index (χ3v) is 10.4. The molecule has 2 aliphatic carbocycles. The van der Waals surface area contributed by atoms with E-state index in [0.29, 0.717) is 10.7 Å². The normalized spacial score (nSPS) is 31.3. The van der Waals surface area contributed by atoms with Gasteiger partial charge in [-0.2, -0.15) is 11.8 Å². The number of carbonyl (C=O) groups is 2. The molecule has 5 rings (SSSR count). The van der Waals surface area contributed by atoms with Crippen LogP contribution in [0.1, 0.15) is 60.5 Å². The Labute approximate surface area is 215 Å². The second kappa shape index (κ2) is 9.82. The van der Waals surface area contributed by atoms with Crippen LogP contribution in [-0.2, 0) is 11.2 Å². The summed E-state index contributed by atoms with van der Waals surface area (Å²) in [4.78, 5) is 37.8. The van der Waals surface area contributed by atoms with Gasteiger partial charge in [-0.05, 0) is 48.6 Å². The lowest BCUT2D eigenvalue weighted by Gasteiger charge is -2.53. The number of nitrogens with zero attached hydrogens (tertiary/aromatic N) is 3. The second-order valence-electron chi connectivity index (χ2n) is 10.6. The average Bonchev–Trinajstić information content (AvgIpc) is 3.26. The molecule has 3 heterocycles. The minimum Gasteiger partial charge on any atom is -0.392 e. The van der Waals surface area contributed by atoms with Crippen LogP contribution in [0, 0.1) is 23.2 Å². The van der Waals surface area contributed by atoms with Gasteiger partial charge in [0.25, 0.3) is 5.91 Å². The highest BCUT2D eigenvalue weighted by Gasteiger charge is 2.54. The zero-order valence-electron chi connectivity index (χ0n) is 20.6. The van der Waals surface area contributed by atoms with E-state index in [1.807, 2.05) is 23.6 Å². The SMILES string of the molecule is C[C@H](C(=O)N1CCSCC1)C1CC[C@@]2(C)Cc3sc(NC(=O)c4ccncc4)nc3[C@@H](C)[C@@H]2[C@H]1O. The quantitative estimate of drug-likeness (QED) is 0.639. The highest BCUT2D eigenvalue weighted by molar-refractivity contribution is 7.99. The molecule has 3 aliphatic rings. The molecule has 6 atom stereocenters. The van der Waals surface area contributed by atoms with E-state index in [4.69, 9.17) is 4.98 Å². The number of aliphatic hydroxyl groups excluding tert-OH is 1. The number of hydrogen-bond acceptors (Lipinski definition) is 7. The predicted octanol–water partition coefficient (Wildman–Crippen LogP) is 4.05. The third-order valence-electron chi connectivity index (χ3n) is 8.44. The van der Waals surface area contributed by atoms with Crippen molar-refractivity contribution in [1.29, 1.82) is 0 Å². The van der Waals surface area contributed by atoms with Gasteiger partial charge in [-0.15, -0.1) is 11.3 Å². The minimum atomic E-state index is -0.549. The minimum absolute atomic E-state index is 0.0340. The monoisotopic (exact) mass is 514 g/mol. The van der Waals surface area contributed by atoms with Gasteiger partial charge >= 0.3 is 0 Å². The van der Waals surface area contributed by atoms with Crippen LogP contribution in [0.15, 0.2) is 24.5 Å². The van der Waals surface area contributed by atoms with E-state index in [9.17, 15) is 14.7 Å². The first kappa shape index (κ1) is 24.7. The van der Waals surface area contributed by atoms with Crippen LogP contribution in [0.2, 0.25) is 0 Å². The van der Waals surface area contributed by atoms with Crippen LogP contribution in [0.3, 0.4) is 0 Å². The summed E-state index contributed by atoms with van der Waals surface area (Å²) < 4.78 is 0. The van der Waals surface area contributed by atoms with Crippen LogP contribution in [-0.4, -0.2) is 62.5 Å². The fourth-order valence-electron chi connectivity index (χ4n) is 6.53. The molecule has 0 spiro atoms. The number of thiazole rings is 1. The number of anilines is 1. The number of hydrogen-bond donors (Lipinski definition) is 2. The van der Waals surface area contributed by atoms with Crippen LogP contribution in [0.25, 0.3) is 0 Å². The molecule has 0 aromatic carbocycles. The first-order valence-corrected chi connectivity index (χ1v) is 14.5. The van der Waals surface area contributed by atoms with E-state index >= 15 is 0 Å². The predicted molar refractivity (Wildman–Crippen MR) is 140 cm³/mol. The van der Waals surface area contributed by atoms with E-state index in [1.165, 1.54) is 4.88 Å². The molecule has 2 amide bonds. The third kappa shape index (κ3) is 4.62. The number of thioether (sulfide) groups is 1. The molecular formula is C26H34N4O3S2. The van der Waals surface area contributed by atoms with E-state index in [1.54, 1.807) is 35.9 Å². The number of amides is 2. The van der Waals surface area contributed by atoms with E-state index in [2.05, 4.69) is 24.1 Å². The number of nitrogens with one attached hydrogen (secondary N) is 1. The van der Waals surface area contributed by atoms with Gasteiger partial charge in [-0.3, -0.25) is 19.9 Å². The zero-order chi connectivity index (χ0) is 24.7. The van der Waals surface area contributed by atoms with Gasteiger partial charge in [0.15, 0.2) is 5.13 Å². The van der Waals surface area contributed by atoms with Crippen molar-refractivity contribution >= 4 is 40.0 Å². The molecule has 0 radical (unpaired) electrons. The second-order valence-corrected chi connectivity index (χ2v) is 12.9. The molecule has 0 bridgehead atoms. The van der Waals surface area contributed by atoms with Crippen molar-refractivity contribution < 1.29 is 14.7 Å². The molecule has 1 unspecified atom stereocenters. The van der Waals surface area contributed by atoms with Crippen LogP contribution >= 0.6 is 23.1 Å². The van der Waals surface area contributed by atoms with Crippen LogP contribution in [0.5, 0.6) is 0 Å². The van der Waals surface area contributed by atoms with Gasteiger partial charge in [0, 0.05) is 59.3 Å². The van der Waals surface area contributed by atoms with Crippen molar-refractivity contribution in [1.82, 2.24) is 14.9 Å². The Morgan fingerprint density at radius 2 is 1.97 bits per heavy atom. The number of rotatable bonds is 4. The first-order valence-electron chi connectivity index (χ1n) is 12.5. The fourth-order valence-corrected chi connectivity index (χ4v) is 8.69. The molecule has 9 heteroatoms. The lowest BCUT2D eigenvalue weighted by molar-refractivity contribution is -0.144. The molecule has 1 aliphatic heterocycles. The van der Waals surface area contributed by atoms with Gasteiger partial charge in [0.2, 0.25) is 5.91 Å². The van der Waals surface area contributed by atoms with Crippen LogP contribution < -0.4 is 5.32 Å². The molecule has 1 saturated heterocycles. The van der Waals surface area contributed by atoms with Gasteiger partial charge in [-0.1, -0.05) is 20.8 Å². The maximum atomic E-state index is 13.2. The molecular weight excluding hydrogens is 480 g/mol. The zero-order valence-corrected chi connectivity index (χ0v) is 22.2. The summed E-state index contributed by atoms with van der Waals surface area (Å²) in [6.07, 6.45) is 5.33. The molecule has 1 saturated carbocycles. The van der Waals surface area contributed by atoms with Gasteiger partial charge < -0.3 is 10.0 Å². The lowest BCUT2D eigenvalue weighted by Crippen LogP contribution is -2.54. The number of aromatic nitrogens is 2. The highest BCUT2D eigenvalue weighted by Crippen LogP contribution is 2.57. The highest BCUT2D eigenvalue weighted by atomic mass is 32.2. The Hall–Kier alpha value is -1.97. The number of aliphatic hydroxyl groups is 1. The summed E-state index contributed by atoms with van der Waals surface area (Å²) in [5, 5.41) is 15.2. The Morgan fingerprint density at radius 3 is 2.69 bits per heavy atom. The summed E-state index contributed by atoms with van der Waals surface area (Å²) in [5.41, 5.74) is 1.48. The summed E-state index contributed by atoms with van der Waals surface area (Å²) in [6, 6.07) is 3.37. The van der Waals surface area contributed by atoms with Gasteiger partial charge in [-0.25, -0.2) is 4.98 Å². The van der Waals surface area contributed by atoms with Crippen molar-refractivity contribution in [2.24, 2.45) is 23.2 Å². The fraction of sp³-hybridized carbons (Fsp3) is 0.615. The van der Waals surface area contributed by atoms with Crippen molar-refractivity contribution in [2.45, 2.75) is 52.1 Å². The largest absolute Gasteiger partial charge is 0.392 e. The molecule has 2 aromatic heterocycles. The topological polar surface area (TPSA) is 95.4 Å². The molecule has 2 fully saturated rings. The average molecular weight is 515 g/mol. The number of pyridine rings is 1. The number of fused-ring (bicyclic) bond motifs is 2. The van der Waals surface area contributed by atoms with Gasteiger partial charge in [0.05, 0.1) is 11.8 Å². The summed E-state index contributed by atoms with van der Waals surface area (Å²) >= 11 is 3.44. The van der Waals surface area contributed by atoms with Crippen molar-refractivity contribution in [2.75, 3.05) is 29.9 Å². The van der Waals surface area contributed by atoms with E-state index in [0.717, 1.165) is 49.6 Å². The Balaban J connectivity index is 1.34. The molecule has 2 N–H and O–H groups in total. The molecule has 7 nitrogen and oxygen atoms in total. The van der Waals surface area contributed by atoms with E-state index in [-0.39, 0.29) is 40.9 Å². The number of carbonyl (C=O) groups excluding carboxylic acids is 2. The molecule has 2 aromatic rings. The van der Waals surface area contributed by atoms with Crippen molar-refractivity contribution in [3.05, 3.63) is 40.7 Å². The molecule has 188 valence electrons. The lowest BCUT2D eigenvalue weighted by atomic mass is 9.53. The maximum absolute atomic E-state index is 13.2. The standard InChI is InChI=1S/C26H34N4O3S2/c1-15(24(33)30-10-12-34-13-11-30)18-4-7-26(3)14-19-21(16(2)20(26)22(18)31)28-25(35-19)29-23(32)17-5-8-27-9-6-17/h5-6,8-9,15-16,18,20,22,31H,4,7,10-14H2,1-3H3,(H,28,29,32)/t15-,16-,18?,20+,22-,26-/m0/s1. The summed E-state index contributed by atoms with van der Waals surface area (Å²) in [6.45, 7) is 8.05. The van der Waals surface area contributed by atoms with Gasteiger partial charge in [0.1, 0.15) is 0 Å². The summed E-state index contributed by atoms with van der Waals surface area (Å²) in [7, 11) is 0. The first-order chi connectivity index (χ1) is 16.8. The Bertz CT molecular complexity index is 1090. The maximum Gasteiger partial charge on any atom is 0.257 e. The van der Waals surface area contributed by atoms with E-state index < -0.39 is 6.10 Å². The van der Waals surface area contributed by atoms with Crippen molar-refractivity contribution in [3.63, 3.8) is 0 Å².